The van der Waals surface area contributed by atoms with Gasteiger partial charge in [0.05, 0.1) is 11.6 Å². The van der Waals surface area contributed by atoms with E-state index in [1.54, 1.807) is 24.5 Å². The van der Waals surface area contributed by atoms with Gasteiger partial charge in [0.25, 0.3) is 0 Å². The average Bonchev–Trinajstić information content (AvgIpc) is 3.04. The van der Waals surface area contributed by atoms with E-state index in [0.29, 0.717) is 0 Å². The van der Waals surface area contributed by atoms with Crippen LogP contribution in [0, 0.1) is 0 Å². The largest absolute Gasteiger partial charge is 0.416 e. The van der Waals surface area contributed by atoms with Crippen LogP contribution in [0.3, 0.4) is 0 Å². The molecule has 0 saturated carbocycles. The van der Waals surface area contributed by atoms with Gasteiger partial charge in [0.2, 0.25) is 0 Å². The van der Waals surface area contributed by atoms with Gasteiger partial charge in [0, 0.05) is 43.9 Å². The number of nitrogens with zero attached hydrogens (tertiary/aromatic N) is 3. The summed E-state index contributed by atoms with van der Waals surface area (Å²) in [4.78, 5) is 6.40. The third-order valence-corrected chi connectivity index (χ3v) is 5.04. The highest BCUT2D eigenvalue weighted by Crippen LogP contribution is 2.35. The molecule has 0 amide bonds. The SMILES string of the molecule is FC(F)(F)c1ccc(C2c3cccn3CCCN2Cc2ccncc2)cc1. The summed E-state index contributed by atoms with van der Waals surface area (Å²) in [7, 11) is 0. The first-order valence-corrected chi connectivity index (χ1v) is 8.97. The van der Waals surface area contributed by atoms with Crippen molar-refractivity contribution in [3.8, 4) is 0 Å². The second kappa shape index (κ2) is 7.19. The van der Waals surface area contributed by atoms with Gasteiger partial charge < -0.3 is 4.57 Å². The smallest absolute Gasteiger partial charge is 0.350 e. The van der Waals surface area contributed by atoms with Crippen molar-refractivity contribution >= 4 is 0 Å². The standard InChI is InChI=1S/C21H20F3N3/c22-21(23,24)18-6-4-17(5-7-18)20-19-3-1-12-26(19)13-2-14-27(20)15-16-8-10-25-11-9-16/h1,3-12,20H,2,13-15H2. The first-order valence-electron chi connectivity index (χ1n) is 8.97. The van der Waals surface area contributed by atoms with Gasteiger partial charge in [-0.1, -0.05) is 12.1 Å². The molecule has 3 aromatic rings. The van der Waals surface area contributed by atoms with Crippen LogP contribution in [0.15, 0.2) is 67.1 Å². The van der Waals surface area contributed by atoms with Crippen molar-refractivity contribution in [3.63, 3.8) is 0 Å². The first-order chi connectivity index (χ1) is 13.0. The van der Waals surface area contributed by atoms with Crippen LogP contribution in [-0.4, -0.2) is 21.0 Å². The molecular weight excluding hydrogens is 351 g/mol. The summed E-state index contributed by atoms with van der Waals surface area (Å²) in [6.45, 7) is 2.50. The third kappa shape index (κ3) is 3.76. The van der Waals surface area contributed by atoms with Crippen molar-refractivity contribution in [2.45, 2.75) is 31.7 Å². The van der Waals surface area contributed by atoms with Crippen LogP contribution in [-0.2, 0) is 19.3 Å². The van der Waals surface area contributed by atoms with E-state index in [1.807, 2.05) is 24.4 Å². The maximum Gasteiger partial charge on any atom is 0.416 e. The van der Waals surface area contributed by atoms with Gasteiger partial charge in [0.15, 0.2) is 0 Å². The van der Waals surface area contributed by atoms with Gasteiger partial charge in [-0.3, -0.25) is 9.88 Å². The molecule has 0 saturated heterocycles. The molecular formula is C21H20F3N3. The summed E-state index contributed by atoms with van der Waals surface area (Å²) in [6.07, 6.45) is 2.25. The molecule has 0 N–H and O–H groups in total. The minimum absolute atomic E-state index is 0.0852. The van der Waals surface area contributed by atoms with Crippen LogP contribution in [0.4, 0.5) is 13.2 Å². The van der Waals surface area contributed by atoms with Crippen LogP contribution in [0.25, 0.3) is 0 Å². The minimum atomic E-state index is -4.32. The summed E-state index contributed by atoms with van der Waals surface area (Å²) < 4.78 is 41.1. The van der Waals surface area contributed by atoms with E-state index >= 15 is 0 Å². The van der Waals surface area contributed by atoms with Crippen molar-refractivity contribution in [3.05, 3.63) is 89.5 Å². The van der Waals surface area contributed by atoms with E-state index in [-0.39, 0.29) is 6.04 Å². The van der Waals surface area contributed by atoms with Crippen LogP contribution in [0.2, 0.25) is 0 Å². The van der Waals surface area contributed by atoms with Crippen molar-refractivity contribution in [1.29, 1.82) is 0 Å². The predicted molar refractivity (Wildman–Crippen MR) is 97.0 cm³/mol. The molecule has 2 aromatic heterocycles. The third-order valence-electron chi connectivity index (χ3n) is 5.04. The lowest BCUT2D eigenvalue weighted by Gasteiger charge is -2.31. The van der Waals surface area contributed by atoms with Gasteiger partial charge in [-0.2, -0.15) is 13.2 Å². The van der Waals surface area contributed by atoms with Gasteiger partial charge in [-0.05, 0) is 53.9 Å². The molecule has 0 fully saturated rings. The van der Waals surface area contributed by atoms with E-state index in [1.165, 1.54) is 12.1 Å². The Balaban J connectivity index is 1.72. The monoisotopic (exact) mass is 371 g/mol. The zero-order valence-corrected chi connectivity index (χ0v) is 14.7. The van der Waals surface area contributed by atoms with Crippen LogP contribution in [0.5, 0.6) is 0 Å². The second-order valence-corrected chi connectivity index (χ2v) is 6.83. The number of aromatic nitrogens is 2. The highest BCUT2D eigenvalue weighted by molar-refractivity contribution is 5.33. The number of aryl methyl sites for hydroxylation is 1. The van der Waals surface area contributed by atoms with E-state index in [2.05, 4.69) is 20.5 Å². The summed E-state index contributed by atoms with van der Waals surface area (Å²) in [5.74, 6) is 0. The number of hydrogen-bond donors (Lipinski definition) is 0. The van der Waals surface area contributed by atoms with Crippen molar-refractivity contribution in [2.24, 2.45) is 0 Å². The summed E-state index contributed by atoms with van der Waals surface area (Å²) in [6, 6.07) is 13.5. The molecule has 1 atom stereocenters. The Morgan fingerprint density at radius 2 is 1.70 bits per heavy atom. The Hall–Kier alpha value is -2.60. The lowest BCUT2D eigenvalue weighted by Crippen LogP contribution is -2.29. The lowest BCUT2D eigenvalue weighted by molar-refractivity contribution is -0.137. The van der Waals surface area contributed by atoms with E-state index in [4.69, 9.17) is 0 Å². The van der Waals surface area contributed by atoms with Crippen LogP contribution >= 0.6 is 0 Å². The zero-order valence-electron chi connectivity index (χ0n) is 14.7. The number of benzene rings is 1. The molecule has 1 aliphatic rings. The van der Waals surface area contributed by atoms with Crippen molar-refractivity contribution in [1.82, 2.24) is 14.5 Å². The van der Waals surface area contributed by atoms with Gasteiger partial charge in [0.1, 0.15) is 0 Å². The Kier molecular flexibility index (Phi) is 4.74. The summed E-state index contributed by atoms with van der Waals surface area (Å²) >= 11 is 0. The summed E-state index contributed by atoms with van der Waals surface area (Å²) in [5, 5.41) is 0. The number of fused-ring (bicyclic) bond motifs is 1. The topological polar surface area (TPSA) is 21.1 Å². The molecule has 0 bridgehead atoms. The Morgan fingerprint density at radius 3 is 2.41 bits per heavy atom. The number of rotatable bonds is 3. The molecule has 6 heteroatoms. The fourth-order valence-electron chi connectivity index (χ4n) is 3.77. The Bertz CT molecular complexity index is 885. The number of pyridine rings is 1. The minimum Gasteiger partial charge on any atom is -0.350 e. The Morgan fingerprint density at radius 1 is 0.963 bits per heavy atom. The molecule has 27 heavy (non-hydrogen) atoms. The average molecular weight is 371 g/mol. The molecule has 4 rings (SSSR count). The van der Waals surface area contributed by atoms with Crippen LogP contribution in [0.1, 0.15) is 34.8 Å². The van der Waals surface area contributed by atoms with E-state index in [9.17, 15) is 13.2 Å². The fraction of sp³-hybridized carbons (Fsp3) is 0.286. The van der Waals surface area contributed by atoms with Gasteiger partial charge >= 0.3 is 6.18 Å². The maximum absolute atomic E-state index is 13.0. The van der Waals surface area contributed by atoms with Crippen molar-refractivity contribution < 1.29 is 13.2 Å². The maximum atomic E-state index is 13.0. The molecule has 1 aliphatic heterocycles. The lowest BCUT2D eigenvalue weighted by atomic mass is 9.99. The van der Waals surface area contributed by atoms with Gasteiger partial charge in [-0.15, -0.1) is 0 Å². The molecule has 1 unspecified atom stereocenters. The number of halogens is 3. The molecule has 1 aromatic carbocycles. The molecule has 140 valence electrons. The number of hydrogen-bond acceptors (Lipinski definition) is 2. The Labute approximate surface area is 156 Å². The molecule has 3 nitrogen and oxygen atoms in total. The second-order valence-electron chi connectivity index (χ2n) is 6.83. The zero-order chi connectivity index (χ0) is 18.9. The van der Waals surface area contributed by atoms with Crippen molar-refractivity contribution in [2.75, 3.05) is 6.54 Å². The van der Waals surface area contributed by atoms with Gasteiger partial charge in [-0.25, -0.2) is 0 Å². The fourth-order valence-corrected chi connectivity index (χ4v) is 3.77. The highest BCUT2D eigenvalue weighted by atomic mass is 19.4. The van der Waals surface area contributed by atoms with E-state index in [0.717, 1.165) is 42.9 Å². The quantitative estimate of drug-likeness (QED) is 0.653. The summed E-state index contributed by atoms with van der Waals surface area (Å²) in [5.41, 5.74) is 2.51. The predicted octanol–water partition coefficient (Wildman–Crippen LogP) is 4.90. The normalized spacial score (nSPS) is 18.1. The molecule has 0 radical (unpaired) electrons. The van der Waals surface area contributed by atoms with E-state index < -0.39 is 11.7 Å². The molecule has 0 aliphatic carbocycles. The highest BCUT2D eigenvalue weighted by Gasteiger charge is 2.32. The van der Waals surface area contributed by atoms with Crippen LogP contribution < -0.4 is 0 Å². The first kappa shape index (κ1) is 17.8. The number of alkyl halides is 3. The molecule has 0 spiro atoms. The molecule has 3 heterocycles.